The van der Waals surface area contributed by atoms with Gasteiger partial charge in [0.1, 0.15) is 5.82 Å². The van der Waals surface area contributed by atoms with Crippen LogP contribution in [0.3, 0.4) is 0 Å². The molecule has 1 rings (SSSR count). The largest absolute Gasteiger partial charge is 0.478 e. The number of rotatable bonds is 5. The van der Waals surface area contributed by atoms with Crippen LogP contribution in [-0.4, -0.2) is 25.2 Å². The minimum Gasteiger partial charge on any atom is -0.478 e. The van der Waals surface area contributed by atoms with Crippen molar-refractivity contribution in [2.24, 2.45) is 5.92 Å². The van der Waals surface area contributed by atoms with Gasteiger partial charge in [-0.3, -0.25) is 0 Å². The highest BCUT2D eigenvalue weighted by Gasteiger charge is 2.19. The number of hydrogen-bond donors (Lipinski definition) is 1. The molecule has 0 atom stereocenters. The summed E-state index contributed by atoms with van der Waals surface area (Å²) in [4.78, 5) is 10.6. The molecule has 1 N–H and O–H groups in total. The molecule has 0 spiro atoms. The van der Waals surface area contributed by atoms with Gasteiger partial charge in [-0.2, -0.15) is 0 Å². The molecule has 0 radical (unpaired) electrons. The average molecular weight is 274 g/mol. The molecular formula is C12H15FO4S. The summed E-state index contributed by atoms with van der Waals surface area (Å²) in [5, 5.41) is 8.74. The second kappa shape index (κ2) is 5.48. The summed E-state index contributed by atoms with van der Waals surface area (Å²) in [6.45, 7) is 3.78. The summed E-state index contributed by atoms with van der Waals surface area (Å²) in [7, 11) is -3.56. The molecule has 0 aromatic heterocycles. The van der Waals surface area contributed by atoms with Crippen LogP contribution in [0, 0.1) is 11.7 Å². The van der Waals surface area contributed by atoms with E-state index in [2.05, 4.69) is 0 Å². The van der Waals surface area contributed by atoms with Gasteiger partial charge in [-0.25, -0.2) is 17.6 Å². The summed E-state index contributed by atoms with van der Waals surface area (Å²) in [6, 6.07) is 2.83. The molecule has 0 aliphatic carbocycles. The maximum absolute atomic E-state index is 13.1. The molecule has 18 heavy (non-hydrogen) atoms. The Morgan fingerprint density at radius 1 is 1.39 bits per heavy atom. The topological polar surface area (TPSA) is 71.4 Å². The van der Waals surface area contributed by atoms with E-state index in [1.807, 2.05) is 13.8 Å². The first-order valence-electron chi connectivity index (χ1n) is 5.49. The summed E-state index contributed by atoms with van der Waals surface area (Å²) in [6.07, 6.45) is 0.474. The van der Waals surface area contributed by atoms with Crippen LogP contribution in [0.15, 0.2) is 23.1 Å². The predicted octanol–water partition coefficient (Wildman–Crippen LogP) is 2.34. The highest BCUT2D eigenvalue weighted by molar-refractivity contribution is 7.91. The van der Waals surface area contributed by atoms with Gasteiger partial charge < -0.3 is 5.11 Å². The number of sulfone groups is 1. The van der Waals surface area contributed by atoms with E-state index in [0.29, 0.717) is 6.42 Å². The van der Waals surface area contributed by atoms with Gasteiger partial charge in [0.2, 0.25) is 0 Å². The van der Waals surface area contributed by atoms with Gasteiger partial charge in [0.05, 0.1) is 16.2 Å². The fraction of sp³-hybridized carbons (Fsp3) is 0.417. The fourth-order valence-corrected chi connectivity index (χ4v) is 2.96. The molecule has 0 aliphatic heterocycles. The van der Waals surface area contributed by atoms with E-state index in [1.54, 1.807) is 0 Å². The Balaban J connectivity index is 3.10. The first-order valence-corrected chi connectivity index (χ1v) is 7.15. The van der Waals surface area contributed by atoms with Gasteiger partial charge in [0.25, 0.3) is 0 Å². The molecule has 1 aromatic carbocycles. The Kier molecular flexibility index (Phi) is 4.45. The van der Waals surface area contributed by atoms with Gasteiger partial charge >= 0.3 is 5.97 Å². The highest BCUT2D eigenvalue weighted by Crippen LogP contribution is 2.18. The number of carbonyl (C=O) groups is 1. The molecule has 0 saturated heterocycles. The SMILES string of the molecule is CC(C)CCS(=O)(=O)c1ccc(F)c(C(=O)O)c1. The second-order valence-corrected chi connectivity index (χ2v) is 6.56. The number of hydrogen-bond acceptors (Lipinski definition) is 3. The number of carboxylic acids is 1. The van der Waals surface area contributed by atoms with Crippen LogP contribution in [0.25, 0.3) is 0 Å². The van der Waals surface area contributed by atoms with Crippen molar-refractivity contribution in [1.82, 2.24) is 0 Å². The highest BCUT2D eigenvalue weighted by atomic mass is 32.2. The van der Waals surface area contributed by atoms with Gasteiger partial charge in [-0.05, 0) is 30.5 Å². The van der Waals surface area contributed by atoms with E-state index >= 15 is 0 Å². The Morgan fingerprint density at radius 2 is 2.00 bits per heavy atom. The standard InChI is InChI=1S/C12H15FO4S/c1-8(2)5-6-18(16,17)9-3-4-11(13)10(7-9)12(14)15/h3-4,7-8H,5-6H2,1-2H3,(H,14,15). The predicted molar refractivity (Wildman–Crippen MR) is 64.9 cm³/mol. The monoisotopic (exact) mass is 274 g/mol. The molecule has 100 valence electrons. The zero-order chi connectivity index (χ0) is 13.9. The Bertz CT molecular complexity index is 549. The number of carboxylic acid groups (broad SMARTS) is 1. The Morgan fingerprint density at radius 3 is 2.50 bits per heavy atom. The van der Waals surface area contributed by atoms with Crippen LogP contribution in [0.1, 0.15) is 30.6 Å². The van der Waals surface area contributed by atoms with Crippen LogP contribution in [0.5, 0.6) is 0 Å². The summed E-state index contributed by atoms with van der Waals surface area (Å²) in [5.74, 6) is -2.27. The first-order chi connectivity index (χ1) is 8.24. The third-order valence-electron chi connectivity index (χ3n) is 2.49. The summed E-state index contributed by atoms with van der Waals surface area (Å²) < 4.78 is 37.0. The lowest BCUT2D eigenvalue weighted by Crippen LogP contribution is -2.11. The lowest BCUT2D eigenvalue weighted by atomic mass is 10.2. The molecule has 6 heteroatoms. The fourth-order valence-electron chi connectivity index (χ4n) is 1.37. The van der Waals surface area contributed by atoms with Gasteiger partial charge in [-0.1, -0.05) is 13.8 Å². The molecule has 0 saturated carbocycles. The first kappa shape index (κ1) is 14.6. The summed E-state index contributed by atoms with van der Waals surface area (Å²) >= 11 is 0. The normalized spacial score (nSPS) is 11.8. The van der Waals surface area contributed by atoms with Crippen molar-refractivity contribution >= 4 is 15.8 Å². The second-order valence-electron chi connectivity index (χ2n) is 4.45. The zero-order valence-electron chi connectivity index (χ0n) is 10.2. The Labute approximate surface area is 105 Å². The van der Waals surface area contributed by atoms with E-state index in [0.717, 1.165) is 18.2 Å². The minimum absolute atomic E-state index is 0.0740. The van der Waals surface area contributed by atoms with Crippen LogP contribution < -0.4 is 0 Å². The number of benzene rings is 1. The number of halogens is 1. The van der Waals surface area contributed by atoms with Crippen molar-refractivity contribution in [2.45, 2.75) is 25.2 Å². The van der Waals surface area contributed by atoms with Crippen molar-refractivity contribution in [1.29, 1.82) is 0 Å². The van der Waals surface area contributed by atoms with E-state index in [-0.39, 0.29) is 16.6 Å². The van der Waals surface area contributed by atoms with E-state index in [9.17, 15) is 17.6 Å². The van der Waals surface area contributed by atoms with E-state index in [1.165, 1.54) is 0 Å². The van der Waals surface area contributed by atoms with Crippen molar-refractivity contribution < 1.29 is 22.7 Å². The molecule has 0 aliphatic rings. The average Bonchev–Trinajstić information content (AvgIpc) is 2.26. The zero-order valence-corrected chi connectivity index (χ0v) is 11.0. The Hall–Kier alpha value is -1.43. The van der Waals surface area contributed by atoms with Crippen molar-refractivity contribution in [2.75, 3.05) is 5.75 Å². The van der Waals surface area contributed by atoms with Crippen molar-refractivity contribution in [3.8, 4) is 0 Å². The molecule has 1 aromatic rings. The van der Waals surface area contributed by atoms with Crippen LogP contribution >= 0.6 is 0 Å². The molecule has 0 amide bonds. The molecular weight excluding hydrogens is 259 g/mol. The molecule has 0 heterocycles. The van der Waals surface area contributed by atoms with Crippen LogP contribution in [0.2, 0.25) is 0 Å². The minimum atomic E-state index is -3.56. The van der Waals surface area contributed by atoms with E-state index < -0.39 is 27.2 Å². The lowest BCUT2D eigenvalue weighted by Gasteiger charge is -2.07. The van der Waals surface area contributed by atoms with Gasteiger partial charge in [-0.15, -0.1) is 0 Å². The van der Waals surface area contributed by atoms with E-state index in [4.69, 9.17) is 5.11 Å². The lowest BCUT2D eigenvalue weighted by molar-refractivity contribution is 0.0691. The van der Waals surface area contributed by atoms with Crippen molar-refractivity contribution in [3.05, 3.63) is 29.6 Å². The maximum Gasteiger partial charge on any atom is 0.338 e. The summed E-state index contributed by atoms with van der Waals surface area (Å²) in [5.41, 5.74) is -0.624. The third-order valence-corrected chi connectivity index (χ3v) is 4.24. The quantitative estimate of drug-likeness (QED) is 0.836. The molecule has 0 unspecified atom stereocenters. The third kappa shape index (κ3) is 3.53. The maximum atomic E-state index is 13.1. The molecule has 4 nitrogen and oxygen atoms in total. The molecule has 0 bridgehead atoms. The van der Waals surface area contributed by atoms with Gasteiger partial charge in [0.15, 0.2) is 9.84 Å². The molecule has 0 fully saturated rings. The van der Waals surface area contributed by atoms with Crippen molar-refractivity contribution in [3.63, 3.8) is 0 Å². The number of aromatic carboxylic acids is 1. The van der Waals surface area contributed by atoms with Crippen LogP contribution in [0.4, 0.5) is 4.39 Å². The van der Waals surface area contributed by atoms with Gasteiger partial charge in [0, 0.05) is 0 Å². The smallest absolute Gasteiger partial charge is 0.338 e. The van der Waals surface area contributed by atoms with Crippen LogP contribution in [-0.2, 0) is 9.84 Å².